The van der Waals surface area contributed by atoms with Crippen LogP contribution < -0.4 is 16.4 Å². The molecule has 5 nitrogen and oxygen atoms in total. The topological polar surface area (TPSA) is 91.2 Å². The fourth-order valence-electron chi connectivity index (χ4n) is 3.55. The molecule has 0 radical (unpaired) electrons. The van der Waals surface area contributed by atoms with Gasteiger partial charge >= 0.3 is 0 Å². The summed E-state index contributed by atoms with van der Waals surface area (Å²) in [5.74, 6) is 0.156. The van der Waals surface area contributed by atoms with Crippen molar-refractivity contribution in [3.8, 4) is 11.5 Å². The number of phenols is 2. The molecule has 4 rings (SSSR count). The van der Waals surface area contributed by atoms with E-state index < -0.39 is 5.66 Å². The number of nitrogen functional groups attached to an aromatic ring is 1. The van der Waals surface area contributed by atoms with Crippen LogP contribution in [0, 0.1) is 0 Å². The van der Waals surface area contributed by atoms with Crippen LogP contribution in [0.25, 0.3) is 21.5 Å². The van der Waals surface area contributed by atoms with E-state index in [9.17, 15) is 10.2 Å². The molecule has 122 valence electrons. The summed E-state index contributed by atoms with van der Waals surface area (Å²) in [6, 6.07) is 8.85. The van der Waals surface area contributed by atoms with E-state index in [1.807, 2.05) is 6.07 Å². The highest BCUT2D eigenvalue weighted by Gasteiger charge is 2.28. The van der Waals surface area contributed by atoms with Crippen molar-refractivity contribution in [1.82, 2.24) is 0 Å². The number of anilines is 1. The number of nitrogens with two attached hydrogens (primary N) is 1. The first-order chi connectivity index (χ1) is 11.5. The van der Waals surface area contributed by atoms with Gasteiger partial charge in [0.05, 0.1) is 21.5 Å². The first-order valence-electron chi connectivity index (χ1n) is 8.16. The molecule has 4 N–H and O–H groups in total. The van der Waals surface area contributed by atoms with Gasteiger partial charge in [0.1, 0.15) is 11.5 Å². The first kappa shape index (κ1) is 14.8. The SMILES string of the molecule is CCC1(CC)N=c2ccc3c(O)c4cccc(N)c4c(O)c3c2=N1. The Morgan fingerprint density at radius 2 is 1.62 bits per heavy atom. The minimum Gasteiger partial charge on any atom is -0.507 e. The number of phenolic OH excluding ortho intramolecular Hbond substituents is 2. The Morgan fingerprint density at radius 1 is 0.917 bits per heavy atom. The third-order valence-corrected chi connectivity index (χ3v) is 5.02. The summed E-state index contributed by atoms with van der Waals surface area (Å²) >= 11 is 0. The Kier molecular flexibility index (Phi) is 2.97. The highest BCUT2D eigenvalue weighted by Crippen LogP contribution is 2.42. The lowest BCUT2D eigenvalue weighted by Crippen LogP contribution is -2.22. The van der Waals surface area contributed by atoms with Crippen LogP contribution in [0.5, 0.6) is 11.5 Å². The van der Waals surface area contributed by atoms with E-state index >= 15 is 0 Å². The molecular formula is C19H19N3O2. The molecule has 0 saturated carbocycles. The molecule has 5 heteroatoms. The second-order valence-corrected chi connectivity index (χ2v) is 6.24. The van der Waals surface area contributed by atoms with Crippen LogP contribution in [-0.4, -0.2) is 15.9 Å². The van der Waals surface area contributed by atoms with Crippen molar-refractivity contribution in [2.75, 3.05) is 5.73 Å². The highest BCUT2D eigenvalue weighted by molar-refractivity contribution is 6.14. The van der Waals surface area contributed by atoms with Gasteiger partial charge in [0, 0.05) is 16.5 Å². The molecular weight excluding hydrogens is 302 g/mol. The van der Waals surface area contributed by atoms with E-state index in [4.69, 9.17) is 15.7 Å². The quantitative estimate of drug-likeness (QED) is 0.385. The number of fused-ring (bicyclic) bond motifs is 4. The average Bonchev–Trinajstić information content (AvgIpc) is 2.98. The molecule has 0 bridgehead atoms. The van der Waals surface area contributed by atoms with Crippen LogP contribution >= 0.6 is 0 Å². The third kappa shape index (κ3) is 1.75. The lowest BCUT2D eigenvalue weighted by atomic mass is 9.99. The number of hydrogen-bond acceptors (Lipinski definition) is 5. The maximum absolute atomic E-state index is 10.9. The Labute approximate surface area is 138 Å². The summed E-state index contributed by atoms with van der Waals surface area (Å²) in [4.78, 5) is 9.56. The molecule has 3 aromatic rings. The molecule has 0 spiro atoms. The van der Waals surface area contributed by atoms with Gasteiger partial charge in [-0.2, -0.15) is 0 Å². The molecule has 0 unspecified atom stereocenters. The number of hydrogen-bond donors (Lipinski definition) is 3. The summed E-state index contributed by atoms with van der Waals surface area (Å²) in [5, 5.41) is 25.0. The molecule has 1 aliphatic rings. The molecule has 0 amide bonds. The molecule has 0 atom stereocenters. The molecule has 0 aliphatic carbocycles. The minimum absolute atomic E-state index is 0.0507. The summed E-state index contributed by atoms with van der Waals surface area (Å²) < 4.78 is 0. The van der Waals surface area contributed by atoms with Gasteiger partial charge in [-0.05, 0) is 31.0 Å². The van der Waals surface area contributed by atoms with Crippen LogP contribution in [-0.2, 0) is 0 Å². The minimum atomic E-state index is -0.490. The smallest absolute Gasteiger partial charge is 0.151 e. The van der Waals surface area contributed by atoms with Gasteiger partial charge in [-0.1, -0.05) is 26.0 Å². The van der Waals surface area contributed by atoms with Crippen LogP contribution in [0.3, 0.4) is 0 Å². The van der Waals surface area contributed by atoms with E-state index in [-0.39, 0.29) is 11.5 Å². The predicted octanol–water partition coefficient (Wildman–Crippen LogP) is 2.76. The van der Waals surface area contributed by atoms with Gasteiger partial charge in [-0.15, -0.1) is 0 Å². The summed E-state index contributed by atoms with van der Waals surface area (Å²) in [5.41, 5.74) is 5.98. The normalized spacial score (nSPS) is 15.2. The molecule has 1 heterocycles. The molecule has 0 aromatic heterocycles. The van der Waals surface area contributed by atoms with Gasteiger partial charge in [0.15, 0.2) is 5.66 Å². The summed E-state index contributed by atoms with van der Waals surface area (Å²) in [6.45, 7) is 4.10. The van der Waals surface area contributed by atoms with Gasteiger partial charge in [0.25, 0.3) is 0 Å². The zero-order valence-corrected chi connectivity index (χ0v) is 13.7. The van der Waals surface area contributed by atoms with E-state index in [0.29, 0.717) is 32.6 Å². The van der Waals surface area contributed by atoms with Crippen molar-refractivity contribution in [3.05, 3.63) is 41.0 Å². The standard InChI is InChI=1S/C19H19N3O2/c1-3-19(4-2)21-13-9-8-11-15(16(13)22-19)18(24)14-10(17(11)23)6-5-7-12(14)20/h5-9,23-24H,3-4,20H2,1-2H3. The maximum atomic E-state index is 10.9. The zero-order chi connectivity index (χ0) is 17.1. The Hall–Kier alpha value is -2.82. The van der Waals surface area contributed by atoms with Gasteiger partial charge in [0.2, 0.25) is 0 Å². The third-order valence-electron chi connectivity index (χ3n) is 5.02. The Morgan fingerprint density at radius 3 is 2.33 bits per heavy atom. The van der Waals surface area contributed by atoms with Crippen molar-refractivity contribution in [2.45, 2.75) is 32.4 Å². The number of aromatic hydroxyl groups is 2. The Bertz CT molecular complexity index is 1120. The highest BCUT2D eigenvalue weighted by atomic mass is 16.3. The zero-order valence-electron chi connectivity index (χ0n) is 13.7. The van der Waals surface area contributed by atoms with Crippen LogP contribution in [0.2, 0.25) is 0 Å². The molecule has 3 aromatic carbocycles. The molecule has 0 fully saturated rings. The fourth-order valence-corrected chi connectivity index (χ4v) is 3.55. The first-order valence-corrected chi connectivity index (χ1v) is 8.16. The van der Waals surface area contributed by atoms with E-state index in [0.717, 1.165) is 18.2 Å². The van der Waals surface area contributed by atoms with Gasteiger partial charge < -0.3 is 15.9 Å². The number of nitrogens with zero attached hydrogens (tertiary/aromatic N) is 2. The van der Waals surface area contributed by atoms with Gasteiger partial charge in [-0.25, -0.2) is 0 Å². The number of benzene rings is 3. The molecule has 1 aliphatic heterocycles. The van der Waals surface area contributed by atoms with Crippen molar-refractivity contribution < 1.29 is 10.2 Å². The van der Waals surface area contributed by atoms with Crippen molar-refractivity contribution >= 4 is 27.2 Å². The monoisotopic (exact) mass is 321 g/mol. The van der Waals surface area contributed by atoms with E-state index in [2.05, 4.69) is 13.8 Å². The van der Waals surface area contributed by atoms with E-state index in [1.165, 1.54) is 0 Å². The fraction of sp³-hybridized carbons (Fsp3) is 0.263. The Balaban J connectivity index is 2.27. The molecule has 0 saturated heterocycles. The average molecular weight is 321 g/mol. The van der Waals surface area contributed by atoms with Crippen molar-refractivity contribution in [1.29, 1.82) is 0 Å². The second-order valence-electron chi connectivity index (χ2n) is 6.24. The van der Waals surface area contributed by atoms with Crippen molar-refractivity contribution in [3.63, 3.8) is 0 Å². The largest absolute Gasteiger partial charge is 0.507 e. The summed E-state index contributed by atoms with van der Waals surface area (Å²) in [6.07, 6.45) is 1.56. The lowest BCUT2D eigenvalue weighted by molar-refractivity contribution is 0.416. The summed E-state index contributed by atoms with van der Waals surface area (Å²) in [7, 11) is 0. The lowest BCUT2D eigenvalue weighted by Gasteiger charge is -2.18. The number of rotatable bonds is 2. The van der Waals surface area contributed by atoms with E-state index in [1.54, 1.807) is 24.3 Å². The van der Waals surface area contributed by atoms with Crippen LogP contribution in [0.15, 0.2) is 40.3 Å². The predicted molar refractivity (Wildman–Crippen MR) is 94.8 cm³/mol. The van der Waals surface area contributed by atoms with Crippen LogP contribution in [0.4, 0.5) is 5.69 Å². The second kappa shape index (κ2) is 4.84. The maximum Gasteiger partial charge on any atom is 0.151 e. The van der Waals surface area contributed by atoms with Gasteiger partial charge in [-0.3, -0.25) is 9.98 Å². The van der Waals surface area contributed by atoms with Crippen LogP contribution in [0.1, 0.15) is 26.7 Å². The molecule has 24 heavy (non-hydrogen) atoms. The van der Waals surface area contributed by atoms with Crippen molar-refractivity contribution in [2.24, 2.45) is 9.98 Å².